The van der Waals surface area contributed by atoms with Gasteiger partial charge in [0.05, 0.1) is 5.39 Å². The standard InChI is InChI=1S/C42H26N4O/c1-2-9-27-21-29(16-13-25(27)7-1)39-44-40(30-19-20-34-28(22-30)15-14-26-8-3-4-10-33(26)34)46-41(45-39)31-17-18-32-24-43-42-38(36(32)23-31)35-11-5-6-12-37(35)47-42/h1-5,7-11,13-24H,6,12H2. The Kier molecular flexibility index (Phi) is 5.63. The van der Waals surface area contributed by atoms with Crippen LogP contribution in [0, 0.1) is 0 Å². The van der Waals surface area contributed by atoms with E-state index in [4.69, 9.17) is 19.4 Å². The van der Waals surface area contributed by atoms with E-state index in [0.717, 1.165) is 67.8 Å². The molecule has 5 nitrogen and oxygen atoms in total. The Morgan fingerprint density at radius 1 is 0.511 bits per heavy atom. The third-order valence-corrected chi connectivity index (χ3v) is 9.37. The number of pyridine rings is 1. The first-order valence-corrected chi connectivity index (χ1v) is 15.9. The molecule has 9 aromatic rings. The molecule has 0 N–H and O–H groups in total. The molecule has 6 aromatic carbocycles. The Bertz CT molecular complexity index is 2760. The minimum absolute atomic E-state index is 0.622. The van der Waals surface area contributed by atoms with E-state index in [0.29, 0.717) is 23.2 Å². The Balaban J connectivity index is 1.19. The van der Waals surface area contributed by atoms with E-state index in [1.165, 1.54) is 21.5 Å². The number of nitrogens with zero attached hydrogens (tertiary/aromatic N) is 4. The van der Waals surface area contributed by atoms with Gasteiger partial charge >= 0.3 is 0 Å². The lowest BCUT2D eigenvalue weighted by molar-refractivity contribution is 0.537. The summed E-state index contributed by atoms with van der Waals surface area (Å²) in [5.41, 5.74) is 4.60. The molecule has 0 saturated carbocycles. The smallest absolute Gasteiger partial charge is 0.227 e. The third kappa shape index (κ3) is 4.24. The zero-order valence-electron chi connectivity index (χ0n) is 25.3. The first-order chi connectivity index (χ1) is 23.2. The zero-order valence-corrected chi connectivity index (χ0v) is 25.3. The number of hydrogen-bond donors (Lipinski definition) is 0. The molecule has 0 saturated heterocycles. The summed E-state index contributed by atoms with van der Waals surface area (Å²) in [4.78, 5) is 19.9. The molecule has 1 aliphatic carbocycles. The van der Waals surface area contributed by atoms with Crippen LogP contribution in [0.2, 0.25) is 0 Å². The first-order valence-electron chi connectivity index (χ1n) is 15.9. The van der Waals surface area contributed by atoms with Crippen LogP contribution in [0.1, 0.15) is 17.7 Å². The minimum Gasteiger partial charge on any atom is -0.442 e. The molecule has 3 aromatic heterocycles. The van der Waals surface area contributed by atoms with Gasteiger partial charge in [-0.2, -0.15) is 0 Å². The Morgan fingerprint density at radius 3 is 1.96 bits per heavy atom. The van der Waals surface area contributed by atoms with Crippen molar-refractivity contribution in [3.63, 3.8) is 0 Å². The zero-order chi connectivity index (χ0) is 30.9. The van der Waals surface area contributed by atoms with Crippen molar-refractivity contribution in [1.29, 1.82) is 0 Å². The number of aryl methyl sites for hydroxylation is 1. The van der Waals surface area contributed by atoms with Crippen LogP contribution >= 0.6 is 0 Å². The summed E-state index contributed by atoms with van der Waals surface area (Å²) >= 11 is 0. The molecule has 0 spiro atoms. The summed E-state index contributed by atoms with van der Waals surface area (Å²) < 4.78 is 6.19. The number of rotatable bonds is 3. The van der Waals surface area contributed by atoms with Gasteiger partial charge in [0.2, 0.25) is 5.71 Å². The fourth-order valence-corrected chi connectivity index (χ4v) is 7.00. The van der Waals surface area contributed by atoms with Crippen molar-refractivity contribution in [2.24, 2.45) is 0 Å². The van der Waals surface area contributed by atoms with E-state index in [-0.39, 0.29) is 0 Å². The molecule has 0 radical (unpaired) electrons. The van der Waals surface area contributed by atoms with Gasteiger partial charge in [-0.15, -0.1) is 0 Å². The van der Waals surface area contributed by atoms with Crippen LogP contribution in [-0.2, 0) is 6.42 Å². The predicted molar refractivity (Wildman–Crippen MR) is 191 cm³/mol. The van der Waals surface area contributed by atoms with Gasteiger partial charge < -0.3 is 4.42 Å². The summed E-state index contributed by atoms with van der Waals surface area (Å²) in [6.45, 7) is 0. The summed E-state index contributed by atoms with van der Waals surface area (Å²) in [6.07, 6.45) is 8.13. The van der Waals surface area contributed by atoms with Crippen molar-refractivity contribution < 1.29 is 4.42 Å². The number of furan rings is 1. The number of hydrogen-bond acceptors (Lipinski definition) is 5. The lowest BCUT2D eigenvalue weighted by Gasteiger charge is -2.11. The summed E-state index contributed by atoms with van der Waals surface area (Å²) in [6, 6.07) is 40.4. The molecule has 47 heavy (non-hydrogen) atoms. The van der Waals surface area contributed by atoms with Crippen LogP contribution in [0.5, 0.6) is 0 Å². The van der Waals surface area contributed by atoms with Crippen molar-refractivity contribution in [1.82, 2.24) is 19.9 Å². The van der Waals surface area contributed by atoms with Crippen molar-refractivity contribution in [2.45, 2.75) is 12.8 Å². The maximum absolute atomic E-state index is 6.19. The second kappa shape index (κ2) is 10.2. The van der Waals surface area contributed by atoms with Gasteiger partial charge in [-0.1, -0.05) is 109 Å². The first kappa shape index (κ1) is 26.1. The van der Waals surface area contributed by atoms with E-state index < -0.39 is 0 Å². The van der Waals surface area contributed by atoms with E-state index in [1.807, 2.05) is 6.20 Å². The van der Waals surface area contributed by atoms with Gasteiger partial charge in [0.25, 0.3) is 0 Å². The average molecular weight is 603 g/mol. The molecule has 0 fully saturated rings. The van der Waals surface area contributed by atoms with Crippen LogP contribution in [0.4, 0.5) is 0 Å². The third-order valence-electron chi connectivity index (χ3n) is 9.37. The van der Waals surface area contributed by atoms with Crippen molar-refractivity contribution >= 4 is 60.3 Å². The van der Waals surface area contributed by atoms with Gasteiger partial charge in [-0.3, -0.25) is 0 Å². The van der Waals surface area contributed by atoms with Crippen LogP contribution < -0.4 is 0 Å². The summed E-state index contributed by atoms with van der Waals surface area (Å²) in [7, 11) is 0. The van der Waals surface area contributed by atoms with E-state index in [1.54, 1.807) is 0 Å². The molecule has 1 aliphatic rings. The van der Waals surface area contributed by atoms with Crippen molar-refractivity contribution in [3.8, 4) is 34.2 Å². The molecular weight excluding hydrogens is 576 g/mol. The molecular formula is C42H26N4O. The number of fused-ring (bicyclic) bond motifs is 9. The summed E-state index contributed by atoms with van der Waals surface area (Å²) in [5, 5.41) is 10.3. The maximum atomic E-state index is 6.19. The number of aromatic nitrogens is 4. The SMILES string of the molecule is C1=Cc2c(oc3ncc4ccc(-c5nc(-c6ccc7ccccc7c6)nc(-c6ccc7c(ccc8ccccc87)c6)n5)cc4c23)CC1. The number of benzene rings is 6. The molecule has 10 rings (SSSR count). The minimum atomic E-state index is 0.622. The van der Waals surface area contributed by atoms with E-state index >= 15 is 0 Å². The number of allylic oxidation sites excluding steroid dienone is 1. The van der Waals surface area contributed by atoms with Crippen molar-refractivity contribution in [3.05, 3.63) is 139 Å². The second-order valence-corrected chi connectivity index (χ2v) is 12.2. The lowest BCUT2D eigenvalue weighted by Crippen LogP contribution is -2.00. The molecule has 3 heterocycles. The topological polar surface area (TPSA) is 64.7 Å². The Labute approximate surface area is 269 Å². The maximum Gasteiger partial charge on any atom is 0.227 e. The Morgan fingerprint density at radius 2 is 1.13 bits per heavy atom. The Hall–Kier alpha value is -6.20. The highest BCUT2D eigenvalue weighted by Crippen LogP contribution is 2.37. The molecule has 0 amide bonds. The van der Waals surface area contributed by atoms with Gasteiger partial charge in [-0.05, 0) is 62.3 Å². The van der Waals surface area contributed by atoms with Gasteiger partial charge in [0.1, 0.15) is 5.76 Å². The molecule has 220 valence electrons. The summed E-state index contributed by atoms with van der Waals surface area (Å²) in [5.74, 6) is 2.89. The van der Waals surface area contributed by atoms with Gasteiger partial charge in [0, 0.05) is 40.3 Å². The highest BCUT2D eigenvalue weighted by Gasteiger charge is 2.19. The molecule has 0 aliphatic heterocycles. The molecule has 0 unspecified atom stereocenters. The van der Waals surface area contributed by atoms with Crippen LogP contribution in [0.25, 0.3) is 94.4 Å². The monoisotopic (exact) mass is 602 g/mol. The highest BCUT2D eigenvalue weighted by atomic mass is 16.3. The van der Waals surface area contributed by atoms with E-state index in [2.05, 4.69) is 132 Å². The quantitative estimate of drug-likeness (QED) is 0.188. The highest BCUT2D eigenvalue weighted by molar-refractivity contribution is 6.10. The van der Waals surface area contributed by atoms with Crippen LogP contribution in [0.3, 0.4) is 0 Å². The lowest BCUT2D eigenvalue weighted by atomic mass is 9.98. The second-order valence-electron chi connectivity index (χ2n) is 12.2. The van der Waals surface area contributed by atoms with Gasteiger partial charge in [0.15, 0.2) is 17.5 Å². The molecule has 0 atom stereocenters. The van der Waals surface area contributed by atoms with Crippen LogP contribution in [-0.4, -0.2) is 19.9 Å². The predicted octanol–water partition coefficient (Wildman–Crippen LogP) is 10.6. The van der Waals surface area contributed by atoms with Crippen molar-refractivity contribution in [2.75, 3.05) is 0 Å². The van der Waals surface area contributed by atoms with Gasteiger partial charge in [-0.25, -0.2) is 19.9 Å². The van der Waals surface area contributed by atoms with Crippen LogP contribution in [0.15, 0.2) is 132 Å². The van der Waals surface area contributed by atoms with E-state index in [9.17, 15) is 0 Å². The normalized spacial score (nSPS) is 12.9. The largest absolute Gasteiger partial charge is 0.442 e. The molecule has 0 bridgehead atoms. The molecule has 5 heteroatoms. The average Bonchev–Trinajstić information content (AvgIpc) is 3.53. The fourth-order valence-electron chi connectivity index (χ4n) is 7.00. The fraction of sp³-hybridized carbons (Fsp3) is 0.0476.